The molecule has 0 saturated heterocycles. The predicted octanol–water partition coefficient (Wildman–Crippen LogP) is 1.76. The predicted molar refractivity (Wildman–Crippen MR) is 63.3 cm³/mol. The van der Waals surface area contributed by atoms with Gasteiger partial charge in [-0.15, -0.1) is 0 Å². The zero-order valence-electron chi connectivity index (χ0n) is 9.01. The number of nitrogen functional groups attached to an aromatic ring is 1. The van der Waals surface area contributed by atoms with Crippen LogP contribution in [0.25, 0.3) is 0 Å². The van der Waals surface area contributed by atoms with Crippen molar-refractivity contribution in [1.82, 2.24) is 15.0 Å². The highest BCUT2D eigenvalue weighted by Crippen LogP contribution is 2.13. The minimum absolute atomic E-state index is 0.481. The summed E-state index contributed by atoms with van der Waals surface area (Å²) in [5, 5.41) is 3.08. The summed E-state index contributed by atoms with van der Waals surface area (Å²) >= 11 is 0. The Balaban J connectivity index is 2.20. The maximum atomic E-state index is 5.58. The molecule has 0 aliphatic heterocycles. The Labute approximate surface area is 93.8 Å². The van der Waals surface area contributed by atoms with Gasteiger partial charge in [0, 0.05) is 11.8 Å². The first-order valence-corrected chi connectivity index (χ1v) is 5.08. The highest BCUT2D eigenvalue weighted by Gasteiger charge is 1.99. The molecule has 0 bridgehead atoms. The standard InChI is InChI=1S/C11H13N5/c1-2-8-6-11(14-7-13-8)16-10-5-3-4-9(12)15-10/h3-7H,2H2,1H3,(H3,12,13,14,15,16). The second kappa shape index (κ2) is 4.57. The molecule has 2 aromatic rings. The van der Waals surface area contributed by atoms with Gasteiger partial charge in [-0.05, 0) is 18.6 Å². The van der Waals surface area contributed by atoms with E-state index in [0.717, 1.165) is 17.9 Å². The first-order valence-electron chi connectivity index (χ1n) is 5.08. The maximum absolute atomic E-state index is 5.58. The van der Waals surface area contributed by atoms with Crippen LogP contribution in [0.2, 0.25) is 0 Å². The fraction of sp³-hybridized carbons (Fsp3) is 0.182. The fourth-order valence-corrected chi connectivity index (χ4v) is 1.31. The molecule has 0 aliphatic rings. The molecule has 0 unspecified atom stereocenters. The Kier molecular flexibility index (Phi) is 2.95. The van der Waals surface area contributed by atoms with Crippen LogP contribution in [-0.4, -0.2) is 15.0 Å². The zero-order valence-corrected chi connectivity index (χ0v) is 9.01. The molecular formula is C11H13N5. The molecule has 2 aromatic heterocycles. The molecule has 0 spiro atoms. The lowest BCUT2D eigenvalue weighted by atomic mass is 10.3. The summed E-state index contributed by atoms with van der Waals surface area (Å²) in [6, 6.07) is 7.31. The second-order valence-electron chi connectivity index (χ2n) is 3.32. The normalized spacial score (nSPS) is 10.1. The third-order valence-electron chi connectivity index (χ3n) is 2.11. The van der Waals surface area contributed by atoms with Gasteiger partial charge in [-0.2, -0.15) is 0 Å². The van der Waals surface area contributed by atoms with Crippen molar-refractivity contribution >= 4 is 17.5 Å². The minimum atomic E-state index is 0.481. The van der Waals surface area contributed by atoms with Gasteiger partial charge in [0.05, 0.1) is 0 Å². The van der Waals surface area contributed by atoms with E-state index in [0.29, 0.717) is 11.6 Å². The van der Waals surface area contributed by atoms with Gasteiger partial charge in [-0.25, -0.2) is 15.0 Å². The zero-order chi connectivity index (χ0) is 11.4. The van der Waals surface area contributed by atoms with Crippen molar-refractivity contribution in [1.29, 1.82) is 0 Å². The van der Waals surface area contributed by atoms with Crippen LogP contribution in [-0.2, 0) is 6.42 Å². The Morgan fingerprint density at radius 3 is 2.88 bits per heavy atom. The van der Waals surface area contributed by atoms with E-state index in [2.05, 4.69) is 20.3 Å². The molecule has 3 N–H and O–H groups in total. The third kappa shape index (κ3) is 2.44. The number of rotatable bonds is 3. The van der Waals surface area contributed by atoms with E-state index < -0.39 is 0 Å². The number of nitrogens with zero attached hydrogens (tertiary/aromatic N) is 3. The Hall–Kier alpha value is -2.17. The molecule has 0 fully saturated rings. The van der Waals surface area contributed by atoms with E-state index in [9.17, 15) is 0 Å². The van der Waals surface area contributed by atoms with E-state index >= 15 is 0 Å². The molecule has 0 saturated carbocycles. The van der Waals surface area contributed by atoms with E-state index in [-0.39, 0.29) is 0 Å². The first kappa shape index (κ1) is 10.4. The molecule has 2 heterocycles. The van der Waals surface area contributed by atoms with Crippen LogP contribution in [0.4, 0.5) is 17.5 Å². The molecule has 0 radical (unpaired) electrons. The van der Waals surface area contributed by atoms with Crippen LogP contribution in [0.1, 0.15) is 12.6 Å². The summed E-state index contributed by atoms with van der Waals surface area (Å²) in [4.78, 5) is 12.4. The van der Waals surface area contributed by atoms with Gasteiger partial charge >= 0.3 is 0 Å². The number of nitrogens with one attached hydrogen (secondary N) is 1. The van der Waals surface area contributed by atoms with Crippen LogP contribution in [0, 0.1) is 0 Å². The molecule has 5 nitrogen and oxygen atoms in total. The second-order valence-corrected chi connectivity index (χ2v) is 3.32. The van der Waals surface area contributed by atoms with Crippen molar-refractivity contribution in [3.8, 4) is 0 Å². The number of nitrogens with two attached hydrogens (primary N) is 1. The summed E-state index contributed by atoms with van der Waals surface area (Å²) in [7, 11) is 0. The summed E-state index contributed by atoms with van der Waals surface area (Å²) in [5.74, 6) is 1.89. The van der Waals surface area contributed by atoms with Crippen LogP contribution >= 0.6 is 0 Å². The van der Waals surface area contributed by atoms with Crippen LogP contribution in [0.3, 0.4) is 0 Å². The maximum Gasteiger partial charge on any atom is 0.135 e. The number of hydrogen-bond acceptors (Lipinski definition) is 5. The van der Waals surface area contributed by atoms with E-state index in [4.69, 9.17) is 5.73 Å². The molecule has 5 heteroatoms. The highest BCUT2D eigenvalue weighted by atomic mass is 15.1. The lowest BCUT2D eigenvalue weighted by molar-refractivity contribution is 1.000. The molecule has 2 rings (SSSR count). The number of pyridine rings is 1. The Morgan fingerprint density at radius 1 is 1.25 bits per heavy atom. The van der Waals surface area contributed by atoms with Crippen molar-refractivity contribution in [3.05, 3.63) is 36.3 Å². The van der Waals surface area contributed by atoms with Gasteiger partial charge in [0.2, 0.25) is 0 Å². The fourth-order valence-electron chi connectivity index (χ4n) is 1.31. The number of aryl methyl sites for hydroxylation is 1. The van der Waals surface area contributed by atoms with Gasteiger partial charge in [0.25, 0.3) is 0 Å². The Bertz CT molecular complexity index is 483. The molecule has 0 aliphatic carbocycles. The first-order chi connectivity index (χ1) is 7.78. The molecule has 0 amide bonds. The lowest BCUT2D eigenvalue weighted by Gasteiger charge is -2.05. The van der Waals surface area contributed by atoms with Gasteiger partial charge < -0.3 is 11.1 Å². The van der Waals surface area contributed by atoms with Crippen molar-refractivity contribution in [2.45, 2.75) is 13.3 Å². The van der Waals surface area contributed by atoms with Crippen molar-refractivity contribution in [2.75, 3.05) is 11.1 Å². The van der Waals surface area contributed by atoms with Gasteiger partial charge in [0.15, 0.2) is 0 Å². The summed E-state index contributed by atoms with van der Waals surface area (Å²) in [6.07, 6.45) is 2.41. The number of anilines is 3. The lowest BCUT2D eigenvalue weighted by Crippen LogP contribution is -1.99. The van der Waals surface area contributed by atoms with Crippen molar-refractivity contribution in [3.63, 3.8) is 0 Å². The molecular weight excluding hydrogens is 202 g/mol. The average Bonchev–Trinajstić information content (AvgIpc) is 2.29. The molecule has 82 valence electrons. The molecule has 16 heavy (non-hydrogen) atoms. The Morgan fingerprint density at radius 2 is 2.12 bits per heavy atom. The third-order valence-corrected chi connectivity index (χ3v) is 2.11. The van der Waals surface area contributed by atoms with Gasteiger partial charge in [0.1, 0.15) is 23.8 Å². The van der Waals surface area contributed by atoms with E-state index in [1.807, 2.05) is 25.1 Å². The summed E-state index contributed by atoms with van der Waals surface area (Å²) in [5.41, 5.74) is 6.57. The van der Waals surface area contributed by atoms with Gasteiger partial charge in [-0.1, -0.05) is 13.0 Å². The monoisotopic (exact) mass is 215 g/mol. The summed E-state index contributed by atoms with van der Waals surface area (Å²) in [6.45, 7) is 2.05. The molecule has 0 aromatic carbocycles. The average molecular weight is 215 g/mol. The SMILES string of the molecule is CCc1cc(Nc2cccc(N)n2)ncn1. The van der Waals surface area contributed by atoms with Crippen molar-refractivity contribution < 1.29 is 0 Å². The van der Waals surface area contributed by atoms with Crippen LogP contribution in [0.15, 0.2) is 30.6 Å². The van der Waals surface area contributed by atoms with E-state index in [1.165, 1.54) is 6.33 Å². The summed E-state index contributed by atoms with van der Waals surface area (Å²) < 4.78 is 0. The van der Waals surface area contributed by atoms with Crippen molar-refractivity contribution in [2.24, 2.45) is 0 Å². The van der Waals surface area contributed by atoms with Crippen LogP contribution < -0.4 is 11.1 Å². The number of hydrogen-bond donors (Lipinski definition) is 2. The smallest absolute Gasteiger partial charge is 0.135 e. The highest BCUT2D eigenvalue weighted by molar-refractivity contribution is 5.53. The molecule has 0 atom stereocenters. The quantitative estimate of drug-likeness (QED) is 0.815. The largest absolute Gasteiger partial charge is 0.384 e. The van der Waals surface area contributed by atoms with Crippen LogP contribution in [0.5, 0.6) is 0 Å². The number of aromatic nitrogens is 3. The topological polar surface area (TPSA) is 76.7 Å². The minimum Gasteiger partial charge on any atom is -0.384 e. The van der Waals surface area contributed by atoms with E-state index in [1.54, 1.807) is 6.07 Å². The van der Waals surface area contributed by atoms with Gasteiger partial charge in [-0.3, -0.25) is 0 Å².